The molecule has 134 valence electrons. The van der Waals surface area contributed by atoms with Gasteiger partial charge < -0.3 is 10.4 Å². The molecule has 2 aromatic rings. The number of carbonyl (C=O) groups is 2. The van der Waals surface area contributed by atoms with Crippen molar-refractivity contribution in [1.29, 1.82) is 0 Å². The third-order valence-electron chi connectivity index (χ3n) is 3.89. The highest BCUT2D eigenvalue weighted by Crippen LogP contribution is 2.23. The van der Waals surface area contributed by atoms with Crippen LogP contribution in [0.1, 0.15) is 29.3 Å². The summed E-state index contributed by atoms with van der Waals surface area (Å²) < 4.78 is 30.5. The van der Waals surface area contributed by atoms with Crippen LogP contribution in [0, 0.1) is 0 Å². The van der Waals surface area contributed by atoms with Crippen LogP contribution in [0.4, 0.5) is 0 Å². The van der Waals surface area contributed by atoms with E-state index in [1.165, 1.54) is 0 Å². The van der Waals surface area contributed by atoms with Crippen molar-refractivity contribution in [3.8, 4) is 0 Å². The molecule has 0 aliphatic carbocycles. The van der Waals surface area contributed by atoms with Gasteiger partial charge in [0, 0.05) is 0 Å². The molecule has 1 amide bonds. The molecule has 2 aromatic carbocycles. The van der Waals surface area contributed by atoms with Crippen LogP contribution in [0.5, 0.6) is 0 Å². The van der Waals surface area contributed by atoms with Crippen molar-refractivity contribution in [2.24, 2.45) is 0 Å². The number of carboxylic acid groups (broad SMARTS) is 1. The first kappa shape index (κ1) is 18.9. The van der Waals surface area contributed by atoms with E-state index in [-0.39, 0.29) is 0 Å². The quantitative estimate of drug-likeness (QED) is 0.644. The second kappa shape index (κ2) is 7.62. The average molecular weight is 365 g/mol. The summed E-state index contributed by atoms with van der Waals surface area (Å²) in [5.41, 5.74) is 1.13. The SMILES string of the molecule is CCc1ccc2ccccc2c1C(=O)N[C@@H](CCS(=O)(=O)O)C(=O)O. The minimum Gasteiger partial charge on any atom is -0.480 e. The molecule has 0 bridgehead atoms. The summed E-state index contributed by atoms with van der Waals surface area (Å²) in [4.78, 5) is 24.0. The molecule has 0 saturated carbocycles. The molecule has 0 aromatic heterocycles. The van der Waals surface area contributed by atoms with Gasteiger partial charge in [-0.2, -0.15) is 8.42 Å². The number of fused-ring (bicyclic) bond motifs is 1. The van der Waals surface area contributed by atoms with E-state index >= 15 is 0 Å². The van der Waals surface area contributed by atoms with E-state index in [0.717, 1.165) is 10.9 Å². The summed E-state index contributed by atoms with van der Waals surface area (Å²) in [5.74, 6) is -2.70. The minimum absolute atomic E-state index is 0.374. The summed E-state index contributed by atoms with van der Waals surface area (Å²) in [5, 5.41) is 13.1. The average Bonchev–Trinajstić information content (AvgIpc) is 2.56. The molecule has 0 unspecified atom stereocenters. The van der Waals surface area contributed by atoms with E-state index in [0.29, 0.717) is 17.4 Å². The molecule has 25 heavy (non-hydrogen) atoms. The number of carbonyl (C=O) groups excluding carboxylic acids is 1. The lowest BCUT2D eigenvalue weighted by molar-refractivity contribution is -0.139. The Morgan fingerprint density at radius 1 is 1.16 bits per heavy atom. The molecule has 2 rings (SSSR count). The van der Waals surface area contributed by atoms with Crippen molar-refractivity contribution < 1.29 is 27.7 Å². The van der Waals surface area contributed by atoms with Gasteiger partial charge in [0.1, 0.15) is 6.04 Å². The highest BCUT2D eigenvalue weighted by molar-refractivity contribution is 7.85. The number of nitrogens with one attached hydrogen (secondary N) is 1. The number of benzene rings is 2. The zero-order valence-electron chi connectivity index (χ0n) is 13.6. The van der Waals surface area contributed by atoms with Crippen molar-refractivity contribution >= 4 is 32.8 Å². The van der Waals surface area contributed by atoms with Gasteiger partial charge in [0.25, 0.3) is 16.0 Å². The van der Waals surface area contributed by atoms with Crippen LogP contribution in [0.25, 0.3) is 10.8 Å². The summed E-state index contributed by atoms with van der Waals surface area (Å²) >= 11 is 0. The van der Waals surface area contributed by atoms with E-state index in [1.54, 1.807) is 12.1 Å². The van der Waals surface area contributed by atoms with E-state index in [1.807, 2.05) is 31.2 Å². The number of hydrogen-bond donors (Lipinski definition) is 3. The summed E-state index contributed by atoms with van der Waals surface area (Å²) in [7, 11) is -4.32. The Morgan fingerprint density at radius 2 is 1.84 bits per heavy atom. The van der Waals surface area contributed by atoms with Crippen molar-refractivity contribution in [3.63, 3.8) is 0 Å². The van der Waals surface area contributed by atoms with Crippen molar-refractivity contribution in [1.82, 2.24) is 5.32 Å². The Labute approximate surface area is 145 Å². The monoisotopic (exact) mass is 365 g/mol. The number of rotatable bonds is 7. The van der Waals surface area contributed by atoms with Crippen LogP contribution in [-0.2, 0) is 21.3 Å². The molecule has 0 aliphatic heterocycles. The molecular weight excluding hydrogens is 346 g/mol. The maximum atomic E-state index is 12.7. The summed E-state index contributed by atoms with van der Waals surface area (Å²) in [6.07, 6.45) is 0.155. The third-order valence-corrected chi connectivity index (χ3v) is 4.64. The normalized spacial score (nSPS) is 12.7. The molecule has 0 aliphatic rings. The maximum Gasteiger partial charge on any atom is 0.326 e. The standard InChI is InChI=1S/C17H19NO6S/c1-2-11-7-8-12-5-3-4-6-13(12)15(11)16(19)18-14(17(20)21)9-10-25(22,23)24/h3-8,14H,2,9-10H2,1H3,(H,18,19)(H,20,21)(H,22,23,24)/t14-/m0/s1. The minimum atomic E-state index is -4.32. The first-order valence-corrected chi connectivity index (χ1v) is 9.33. The molecule has 7 nitrogen and oxygen atoms in total. The van der Waals surface area contributed by atoms with E-state index < -0.39 is 40.2 Å². The second-order valence-corrected chi connectivity index (χ2v) is 7.19. The lowest BCUT2D eigenvalue weighted by Gasteiger charge is -2.17. The number of aliphatic carboxylic acids is 1. The van der Waals surface area contributed by atoms with Gasteiger partial charge in [-0.1, -0.05) is 43.3 Å². The van der Waals surface area contributed by atoms with E-state index in [2.05, 4.69) is 5.32 Å². The topological polar surface area (TPSA) is 121 Å². The number of carboxylic acids is 1. The van der Waals surface area contributed by atoms with Crippen molar-refractivity contribution in [2.45, 2.75) is 25.8 Å². The van der Waals surface area contributed by atoms with Crippen LogP contribution in [0.15, 0.2) is 36.4 Å². The number of hydrogen-bond acceptors (Lipinski definition) is 4. The predicted molar refractivity (Wildman–Crippen MR) is 93.2 cm³/mol. The summed E-state index contributed by atoms with van der Waals surface area (Å²) in [6, 6.07) is 9.52. The molecule has 3 N–H and O–H groups in total. The van der Waals surface area contributed by atoms with E-state index in [9.17, 15) is 23.1 Å². The van der Waals surface area contributed by atoms with E-state index in [4.69, 9.17) is 4.55 Å². The lowest BCUT2D eigenvalue weighted by atomic mass is 9.96. The molecule has 0 saturated heterocycles. The molecule has 8 heteroatoms. The molecule has 0 fully saturated rings. The fourth-order valence-electron chi connectivity index (χ4n) is 2.63. The molecular formula is C17H19NO6S. The third kappa shape index (κ3) is 4.77. The van der Waals surface area contributed by atoms with Gasteiger partial charge in [-0.3, -0.25) is 9.35 Å². The van der Waals surface area contributed by atoms with Crippen LogP contribution in [0.3, 0.4) is 0 Å². The van der Waals surface area contributed by atoms with Crippen LogP contribution < -0.4 is 5.32 Å². The molecule has 0 heterocycles. The van der Waals surface area contributed by atoms with Gasteiger partial charge in [-0.15, -0.1) is 0 Å². The predicted octanol–water partition coefficient (Wildman–Crippen LogP) is 1.86. The Kier molecular flexibility index (Phi) is 5.76. The Hall–Kier alpha value is -2.45. The number of aryl methyl sites for hydroxylation is 1. The smallest absolute Gasteiger partial charge is 0.326 e. The Balaban J connectivity index is 2.35. The van der Waals surface area contributed by atoms with Gasteiger partial charge >= 0.3 is 5.97 Å². The maximum absolute atomic E-state index is 12.7. The first-order valence-electron chi connectivity index (χ1n) is 7.72. The Morgan fingerprint density at radius 3 is 2.44 bits per heavy atom. The second-order valence-electron chi connectivity index (χ2n) is 5.61. The van der Waals surface area contributed by atoms with Crippen molar-refractivity contribution in [2.75, 3.05) is 5.75 Å². The molecule has 1 atom stereocenters. The van der Waals surface area contributed by atoms with Crippen LogP contribution in [0.2, 0.25) is 0 Å². The number of amides is 1. The summed E-state index contributed by atoms with van der Waals surface area (Å²) in [6.45, 7) is 1.88. The van der Waals surface area contributed by atoms with Crippen molar-refractivity contribution in [3.05, 3.63) is 47.5 Å². The van der Waals surface area contributed by atoms with Crippen LogP contribution in [-0.4, -0.2) is 41.7 Å². The molecule has 0 radical (unpaired) electrons. The Bertz CT molecular complexity index is 906. The van der Waals surface area contributed by atoms with Gasteiger partial charge in [-0.05, 0) is 29.2 Å². The molecule has 0 spiro atoms. The van der Waals surface area contributed by atoms with Gasteiger partial charge in [0.2, 0.25) is 0 Å². The largest absolute Gasteiger partial charge is 0.480 e. The van der Waals surface area contributed by atoms with Gasteiger partial charge in [0.05, 0.1) is 11.3 Å². The zero-order valence-corrected chi connectivity index (χ0v) is 14.4. The fourth-order valence-corrected chi connectivity index (χ4v) is 3.17. The van der Waals surface area contributed by atoms with Gasteiger partial charge in [0.15, 0.2) is 0 Å². The first-order chi connectivity index (χ1) is 11.7. The lowest BCUT2D eigenvalue weighted by Crippen LogP contribution is -2.42. The van der Waals surface area contributed by atoms with Gasteiger partial charge in [-0.25, -0.2) is 4.79 Å². The highest BCUT2D eigenvalue weighted by atomic mass is 32.2. The highest BCUT2D eigenvalue weighted by Gasteiger charge is 2.24. The fraction of sp³-hybridized carbons (Fsp3) is 0.294. The zero-order chi connectivity index (χ0) is 18.6. The van der Waals surface area contributed by atoms with Crippen LogP contribution >= 0.6 is 0 Å².